The Morgan fingerprint density at radius 1 is 1.33 bits per heavy atom. The molecule has 62 valence electrons. The SMILES string of the molecule is O=C/C=C/Cc1ccccc1Br. The molecule has 0 radical (unpaired) electrons. The van der Waals surface area contributed by atoms with Crippen LogP contribution in [0.3, 0.4) is 0 Å². The summed E-state index contributed by atoms with van der Waals surface area (Å²) >= 11 is 3.43. The number of carbonyl (C=O) groups is 1. The van der Waals surface area contributed by atoms with Crippen LogP contribution in [-0.4, -0.2) is 6.29 Å². The molecule has 0 atom stereocenters. The summed E-state index contributed by atoms with van der Waals surface area (Å²) in [6.07, 6.45) is 4.93. The minimum absolute atomic E-state index is 0.789. The molecule has 0 unspecified atom stereocenters. The van der Waals surface area contributed by atoms with Crippen molar-refractivity contribution in [3.05, 3.63) is 46.5 Å². The van der Waals surface area contributed by atoms with Crippen LogP contribution in [0.1, 0.15) is 5.56 Å². The van der Waals surface area contributed by atoms with E-state index in [1.807, 2.05) is 30.3 Å². The van der Waals surface area contributed by atoms with Gasteiger partial charge in [-0.05, 0) is 24.1 Å². The second-order valence-electron chi connectivity index (χ2n) is 2.36. The Labute approximate surface area is 80.2 Å². The molecule has 0 aliphatic rings. The zero-order valence-electron chi connectivity index (χ0n) is 6.53. The molecule has 1 aromatic rings. The molecule has 1 rings (SSSR count). The molecule has 1 aromatic carbocycles. The number of allylic oxidation sites excluding steroid dienone is 2. The molecule has 0 saturated heterocycles. The standard InChI is InChI=1S/C10H9BrO/c11-10-7-2-1-5-9(10)6-3-4-8-12/h1-5,7-8H,6H2/b4-3+. The van der Waals surface area contributed by atoms with E-state index in [4.69, 9.17) is 0 Å². The lowest BCUT2D eigenvalue weighted by Crippen LogP contribution is -1.81. The van der Waals surface area contributed by atoms with Gasteiger partial charge >= 0.3 is 0 Å². The maximum absolute atomic E-state index is 9.98. The van der Waals surface area contributed by atoms with Gasteiger partial charge in [-0.15, -0.1) is 0 Å². The smallest absolute Gasteiger partial charge is 0.142 e. The molecule has 0 saturated carbocycles. The molecule has 1 nitrogen and oxygen atoms in total. The van der Waals surface area contributed by atoms with Gasteiger partial charge in [0.2, 0.25) is 0 Å². The van der Waals surface area contributed by atoms with Crippen molar-refractivity contribution < 1.29 is 4.79 Å². The third-order valence-electron chi connectivity index (χ3n) is 1.51. The van der Waals surface area contributed by atoms with E-state index < -0.39 is 0 Å². The van der Waals surface area contributed by atoms with E-state index in [9.17, 15) is 4.79 Å². The van der Waals surface area contributed by atoms with Gasteiger partial charge in [0, 0.05) is 4.47 Å². The Kier molecular flexibility index (Phi) is 3.74. The van der Waals surface area contributed by atoms with E-state index in [0.717, 1.165) is 17.2 Å². The maximum Gasteiger partial charge on any atom is 0.142 e. The van der Waals surface area contributed by atoms with Gasteiger partial charge in [0.15, 0.2) is 0 Å². The molecule has 0 aliphatic heterocycles. The van der Waals surface area contributed by atoms with Crippen molar-refractivity contribution in [2.45, 2.75) is 6.42 Å². The molecule has 0 heterocycles. The molecule has 0 spiro atoms. The lowest BCUT2D eigenvalue weighted by atomic mass is 10.1. The number of halogens is 1. The minimum Gasteiger partial charge on any atom is -0.299 e. The van der Waals surface area contributed by atoms with Crippen molar-refractivity contribution in [3.8, 4) is 0 Å². The van der Waals surface area contributed by atoms with Gasteiger partial charge in [-0.25, -0.2) is 0 Å². The summed E-state index contributed by atoms with van der Waals surface area (Å²) in [5.41, 5.74) is 1.19. The Hall–Kier alpha value is -0.890. The van der Waals surface area contributed by atoms with Crippen molar-refractivity contribution >= 4 is 22.2 Å². The van der Waals surface area contributed by atoms with Crippen molar-refractivity contribution in [2.24, 2.45) is 0 Å². The van der Waals surface area contributed by atoms with E-state index in [1.54, 1.807) is 0 Å². The van der Waals surface area contributed by atoms with Gasteiger partial charge in [0.05, 0.1) is 0 Å². The fourth-order valence-corrected chi connectivity index (χ4v) is 1.36. The zero-order valence-corrected chi connectivity index (χ0v) is 8.12. The normalized spacial score (nSPS) is 10.4. The van der Waals surface area contributed by atoms with E-state index in [0.29, 0.717) is 0 Å². The number of hydrogen-bond acceptors (Lipinski definition) is 1. The summed E-state index contributed by atoms with van der Waals surface area (Å²) in [7, 11) is 0. The Morgan fingerprint density at radius 2 is 2.08 bits per heavy atom. The summed E-state index contributed by atoms with van der Waals surface area (Å²) < 4.78 is 1.08. The van der Waals surface area contributed by atoms with E-state index in [-0.39, 0.29) is 0 Å². The lowest BCUT2D eigenvalue weighted by Gasteiger charge is -1.98. The fourth-order valence-electron chi connectivity index (χ4n) is 0.915. The van der Waals surface area contributed by atoms with Crippen molar-refractivity contribution in [3.63, 3.8) is 0 Å². The van der Waals surface area contributed by atoms with Crippen LogP contribution in [0.5, 0.6) is 0 Å². The summed E-state index contributed by atoms with van der Waals surface area (Å²) in [4.78, 5) is 9.98. The van der Waals surface area contributed by atoms with Gasteiger partial charge in [-0.1, -0.05) is 40.2 Å². The van der Waals surface area contributed by atoms with Gasteiger partial charge in [0.25, 0.3) is 0 Å². The number of rotatable bonds is 3. The lowest BCUT2D eigenvalue weighted by molar-refractivity contribution is -0.104. The summed E-state index contributed by atoms with van der Waals surface area (Å²) in [5.74, 6) is 0. The number of aldehydes is 1. The Morgan fingerprint density at radius 3 is 2.75 bits per heavy atom. The number of hydrogen-bond donors (Lipinski definition) is 0. The topological polar surface area (TPSA) is 17.1 Å². The highest BCUT2D eigenvalue weighted by atomic mass is 79.9. The molecule has 0 amide bonds. The molecule has 0 aromatic heterocycles. The maximum atomic E-state index is 9.98. The van der Waals surface area contributed by atoms with Crippen LogP contribution >= 0.6 is 15.9 Å². The van der Waals surface area contributed by atoms with Gasteiger partial charge in [-0.3, -0.25) is 4.79 Å². The van der Waals surface area contributed by atoms with E-state index >= 15 is 0 Å². The first-order valence-electron chi connectivity index (χ1n) is 3.68. The molecule has 0 bridgehead atoms. The highest BCUT2D eigenvalue weighted by Crippen LogP contribution is 2.16. The second kappa shape index (κ2) is 4.88. The third-order valence-corrected chi connectivity index (χ3v) is 2.28. The van der Waals surface area contributed by atoms with Gasteiger partial charge < -0.3 is 0 Å². The number of carbonyl (C=O) groups excluding carboxylic acids is 1. The number of benzene rings is 1. The quantitative estimate of drug-likeness (QED) is 0.571. The predicted octanol–water partition coefficient (Wildman–Crippen LogP) is 2.75. The zero-order chi connectivity index (χ0) is 8.81. The van der Waals surface area contributed by atoms with Crippen LogP contribution < -0.4 is 0 Å². The van der Waals surface area contributed by atoms with Gasteiger partial charge in [-0.2, -0.15) is 0 Å². The molecule has 12 heavy (non-hydrogen) atoms. The average Bonchev–Trinajstić information content (AvgIpc) is 2.09. The van der Waals surface area contributed by atoms with Crippen molar-refractivity contribution in [1.82, 2.24) is 0 Å². The summed E-state index contributed by atoms with van der Waals surface area (Å²) in [6, 6.07) is 7.97. The van der Waals surface area contributed by atoms with Crippen LogP contribution in [0.4, 0.5) is 0 Å². The van der Waals surface area contributed by atoms with Crippen LogP contribution in [0, 0.1) is 0 Å². The molecular weight excluding hydrogens is 216 g/mol. The summed E-state index contributed by atoms with van der Waals surface area (Å²) in [5, 5.41) is 0. The summed E-state index contributed by atoms with van der Waals surface area (Å²) in [6.45, 7) is 0. The highest BCUT2D eigenvalue weighted by Gasteiger charge is 1.93. The van der Waals surface area contributed by atoms with E-state index in [1.165, 1.54) is 11.6 Å². The average molecular weight is 225 g/mol. The fraction of sp³-hybridized carbons (Fsp3) is 0.100. The molecule has 0 fully saturated rings. The molecule has 0 aliphatic carbocycles. The van der Waals surface area contributed by atoms with Gasteiger partial charge in [0.1, 0.15) is 6.29 Å². The molecule has 0 N–H and O–H groups in total. The van der Waals surface area contributed by atoms with Crippen LogP contribution in [-0.2, 0) is 11.2 Å². The first-order valence-corrected chi connectivity index (χ1v) is 4.47. The molecular formula is C10H9BrO. The van der Waals surface area contributed by atoms with Crippen LogP contribution in [0.2, 0.25) is 0 Å². The van der Waals surface area contributed by atoms with Crippen LogP contribution in [0.25, 0.3) is 0 Å². The third kappa shape index (κ3) is 2.62. The van der Waals surface area contributed by atoms with Crippen molar-refractivity contribution in [2.75, 3.05) is 0 Å². The Balaban J connectivity index is 2.69. The van der Waals surface area contributed by atoms with Crippen molar-refractivity contribution in [1.29, 1.82) is 0 Å². The van der Waals surface area contributed by atoms with Crippen LogP contribution in [0.15, 0.2) is 40.9 Å². The van der Waals surface area contributed by atoms with E-state index in [2.05, 4.69) is 15.9 Å². The predicted molar refractivity (Wildman–Crippen MR) is 53.1 cm³/mol. The second-order valence-corrected chi connectivity index (χ2v) is 3.21. The first-order chi connectivity index (χ1) is 5.84. The monoisotopic (exact) mass is 224 g/mol. The largest absolute Gasteiger partial charge is 0.299 e. The Bertz CT molecular complexity index is 292. The minimum atomic E-state index is 0.789. The molecule has 2 heteroatoms. The highest BCUT2D eigenvalue weighted by molar-refractivity contribution is 9.10. The first kappa shape index (κ1) is 9.20.